The molecule has 2 N–H and O–H groups in total. The Hall–Kier alpha value is -3.71. The fourth-order valence-corrected chi connectivity index (χ4v) is 3.33. The largest absolute Gasteiger partial charge is 0.372 e. The van der Waals surface area contributed by atoms with E-state index >= 15 is 0 Å². The van der Waals surface area contributed by atoms with E-state index < -0.39 is 0 Å². The molecule has 1 aliphatic rings. The Morgan fingerprint density at radius 1 is 0.968 bits per heavy atom. The highest BCUT2D eigenvalue weighted by Gasteiger charge is 2.20. The summed E-state index contributed by atoms with van der Waals surface area (Å²) >= 11 is 0. The standard InChI is InChI=1S/C24H26N6O/c1-29(2)14-15-30(3)21-11-7-8-17-12-13-19(25-22(17)21)16-20-23(31)28-24(27-20)26-18-9-5-4-6-10-18/h4-13,16H,14-15H2,1-3H3,(H2,26,27,28,31)/b20-16-. The number of benzene rings is 2. The fraction of sp³-hybridized carbons (Fsp3) is 0.208. The first kappa shape index (κ1) is 20.6. The van der Waals surface area contributed by atoms with Gasteiger partial charge in [0.2, 0.25) is 5.96 Å². The van der Waals surface area contributed by atoms with Gasteiger partial charge in [0.15, 0.2) is 0 Å². The molecule has 0 saturated carbocycles. The Bertz CT molecular complexity index is 1150. The van der Waals surface area contributed by atoms with Crippen LogP contribution in [0.5, 0.6) is 0 Å². The molecule has 31 heavy (non-hydrogen) atoms. The van der Waals surface area contributed by atoms with Crippen molar-refractivity contribution in [2.24, 2.45) is 4.99 Å². The molecular weight excluding hydrogens is 388 g/mol. The smallest absolute Gasteiger partial charge is 0.276 e. The van der Waals surface area contributed by atoms with Crippen LogP contribution in [0.1, 0.15) is 5.69 Å². The molecule has 3 aromatic rings. The molecule has 1 aromatic heterocycles. The molecule has 0 atom stereocenters. The summed E-state index contributed by atoms with van der Waals surface area (Å²) in [6, 6.07) is 19.7. The minimum absolute atomic E-state index is 0.253. The molecule has 0 fully saturated rings. The highest BCUT2D eigenvalue weighted by molar-refractivity contribution is 6.17. The van der Waals surface area contributed by atoms with Gasteiger partial charge in [0.1, 0.15) is 5.70 Å². The Morgan fingerprint density at radius 3 is 2.55 bits per heavy atom. The van der Waals surface area contributed by atoms with Crippen LogP contribution in [0, 0.1) is 0 Å². The van der Waals surface area contributed by atoms with Crippen LogP contribution < -0.4 is 15.5 Å². The molecule has 0 radical (unpaired) electrons. The number of hydrogen-bond acceptors (Lipinski definition) is 6. The summed E-state index contributed by atoms with van der Waals surface area (Å²) in [5.41, 5.74) is 3.84. The van der Waals surface area contributed by atoms with Crippen molar-refractivity contribution in [2.75, 3.05) is 44.4 Å². The maximum Gasteiger partial charge on any atom is 0.276 e. The van der Waals surface area contributed by atoms with Gasteiger partial charge in [-0.15, -0.1) is 0 Å². The summed E-state index contributed by atoms with van der Waals surface area (Å²) in [5.74, 6) is 0.157. The van der Waals surface area contributed by atoms with Crippen LogP contribution in [0.3, 0.4) is 0 Å². The zero-order valence-electron chi connectivity index (χ0n) is 18.0. The second kappa shape index (κ2) is 8.97. The van der Waals surface area contributed by atoms with Gasteiger partial charge in [0.25, 0.3) is 5.91 Å². The van der Waals surface area contributed by atoms with Crippen molar-refractivity contribution in [2.45, 2.75) is 0 Å². The molecule has 2 aromatic carbocycles. The number of guanidine groups is 1. The number of nitrogens with one attached hydrogen (secondary N) is 2. The minimum Gasteiger partial charge on any atom is -0.372 e. The van der Waals surface area contributed by atoms with E-state index in [-0.39, 0.29) is 5.91 Å². The van der Waals surface area contributed by atoms with E-state index in [4.69, 9.17) is 4.98 Å². The van der Waals surface area contributed by atoms with Crippen molar-refractivity contribution >= 4 is 40.2 Å². The number of hydrogen-bond donors (Lipinski definition) is 2. The van der Waals surface area contributed by atoms with E-state index in [0.29, 0.717) is 17.4 Å². The number of anilines is 2. The highest BCUT2D eigenvalue weighted by atomic mass is 16.2. The molecule has 0 bridgehead atoms. The topological polar surface area (TPSA) is 72.9 Å². The van der Waals surface area contributed by atoms with Crippen LogP contribution in [0.15, 0.2) is 71.4 Å². The van der Waals surface area contributed by atoms with E-state index in [1.54, 1.807) is 6.08 Å². The Morgan fingerprint density at radius 2 is 1.77 bits per heavy atom. The van der Waals surface area contributed by atoms with E-state index in [9.17, 15) is 4.79 Å². The zero-order chi connectivity index (χ0) is 21.8. The molecule has 4 rings (SSSR count). The number of rotatable bonds is 6. The van der Waals surface area contributed by atoms with Crippen LogP contribution >= 0.6 is 0 Å². The van der Waals surface area contributed by atoms with E-state index in [1.807, 2.05) is 54.6 Å². The summed E-state index contributed by atoms with van der Waals surface area (Å²) in [6.07, 6.45) is 1.71. The maximum atomic E-state index is 12.4. The Balaban J connectivity index is 1.61. The zero-order valence-corrected chi connectivity index (χ0v) is 18.0. The quantitative estimate of drug-likeness (QED) is 0.606. The van der Waals surface area contributed by atoms with Crippen LogP contribution in [0.2, 0.25) is 0 Å². The lowest BCUT2D eigenvalue weighted by atomic mass is 10.1. The van der Waals surface area contributed by atoms with Crippen molar-refractivity contribution in [3.8, 4) is 0 Å². The van der Waals surface area contributed by atoms with Crippen molar-refractivity contribution in [3.63, 3.8) is 0 Å². The number of amides is 1. The second-order valence-corrected chi connectivity index (χ2v) is 7.74. The van der Waals surface area contributed by atoms with Crippen LogP contribution in [-0.4, -0.2) is 56.0 Å². The third-order valence-corrected chi connectivity index (χ3v) is 5.03. The van der Waals surface area contributed by atoms with Gasteiger partial charge in [-0.2, -0.15) is 0 Å². The van der Waals surface area contributed by atoms with Crippen LogP contribution in [-0.2, 0) is 4.79 Å². The molecule has 0 saturated heterocycles. The van der Waals surface area contributed by atoms with Gasteiger partial charge in [-0.3, -0.25) is 10.1 Å². The predicted molar refractivity (Wildman–Crippen MR) is 127 cm³/mol. The Kier molecular flexibility index (Phi) is 5.95. The van der Waals surface area contributed by atoms with Crippen molar-refractivity contribution in [1.29, 1.82) is 0 Å². The fourth-order valence-electron chi connectivity index (χ4n) is 3.33. The van der Waals surface area contributed by atoms with Gasteiger partial charge in [-0.25, -0.2) is 9.98 Å². The number of carbonyl (C=O) groups is 1. The lowest BCUT2D eigenvalue weighted by Gasteiger charge is -2.22. The normalized spacial score (nSPS) is 14.8. The lowest BCUT2D eigenvalue weighted by molar-refractivity contribution is -0.115. The van der Waals surface area contributed by atoms with Gasteiger partial charge in [-0.1, -0.05) is 36.4 Å². The van der Waals surface area contributed by atoms with Crippen molar-refractivity contribution in [1.82, 2.24) is 15.2 Å². The molecule has 7 heteroatoms. The highest BCUT2D eigenvalue weighted by Crippen LogP contribution is 2.25. The lowest BCUT2D eigenvalue weighted by Crippen LogP contribution is -2.29. The van der Waals surface area contributed by atoms with E-state index in [0.717, 1.165) is 35.4 Å². The summed E-state index contributed by atoms with van der Waals surface area (Å²) in [4.78, 5) is 26.0. The maximum absolute atomic E-state index is 12.4. The molecule has 158 valence electrons. The number of aromatic nitrogens is 1. The van der Waals surface area contributed by atoms with E-state index in [1.165, 1.54) is 0 Å². The molecule has 0 aliphatic carbocycles. The first-order chi connectivity index (χ1) is 15.0. The number of carbonyl (C=O) groups excluding carboxylic acids is 1. The van der Waals surface area contributed by atoms with Gasteiger partial charge in [-0.05, 0) is 44.4 Å². The summed E-state index contributed by atoms with van der Waals surface area (Å²) in [5, 5.41) is 6.93. The van der Waals surface area contributed by atoms with Crippen LogP contribution in [0.4, 0.5) is 11.4 Å². The first-order valence-electron chi connectivity index (χ1n) is 10.2. The van der Waals surface area contributed by atoms with Crippen molar-refractivity contribution in [3.05, 3.63) is 72.1 Å². The predicted octanol–water partition coefficient (Wildman–Crippen LogP) is 3.17. The third-order valence-electron chi connectivity index (χ3n) is 5.03. The van der Waals surface area contributed by atoms with Gasteiger partial charge in [0.05, 0.1) is 16.9 Å². The SMILES string of the molecule is CN(C)CCN(C)c1cccc2ccc(/C=C3\N=C(Nc4ccccc4)NC3=O)nc12. The minimum atomic E-state index is -0.253. The molecule has 1 amide bonds. The molecule has 0 unspecified atom stereocenters. The average molecular weight is 415 g/mol. The second-order valence-electron chi connectivity index (χ2n) is 7.74. The first-order valence-corrected chi connectivity index (χ1v) is 10.2. The molecule has 1 aliphatic heterocycles. The molecule has 7 nitrogen and oxygen atoms in total. The average Bonchev–Trinajstić information content (AvgIpc) is 3.10. The number of nitrogens with zero attached hydrogens (tertiary/aromatic N) is 4. The van der Waals surface area contributed by atoms with Crippen LogP contribution in [0.25, 0.3) is 17.0 Å². The third kappa shape index (κ3) is 4.90. The van der Waals surface area contributed by atoms with E-state index in [2.05, 4.69) is 52.6 Å². The summed E-state index contributed by atoms with van der Waals surface area (Å²) in [6.45, 7) is 1.84. The molecule has 2 heterocycles. The van der Waals surface area contributed by atoms with Gasteiger partial charge < -0.3 is 15.1 Å². The number of likely N-dealkylation sites (N-methyl/N-ethyl adjacent to an activating group) is 2. The molecular formula is C24H26N6O. The van der Waals surface area contributed by atoms with Gasteiger partial charge >= 0.3 is 0 Å². The monoisotopic (exact) mass is 414 g/mol. The number of para-hydroxylation sites is 2. The molecule has 0 spiro atoms. The van der Waals surface area contributed by atoms with Crippen molar-refractivity contribution < 1.29 is 4.79 Å². The number of aliphatic imine (C=N–C) groups is 1. The summed E-state index contributed by atoms with van der Waals surface area (Å²) in [7, 11) is 6.20. The summed E-state index contributed by atoms with van der Waals surface area (Å²) < 4.78 is 0. The van der Waals surface area contributed by atoms with Gasteiger partial charge in [0, 0.05) is 31.2 Å². The number of fused-ring (bicyclic) bond motifs is 1. The Labute approximate surface area is 182 Å². The number of pyridine rings is 1.